The zero-order chi connectivity index (χ0) is 12.4. The lowest BCUT2D eigenvalue weighted by Crippen LogP contribution is -3.14. The first kappa shape index (κ1) is 11.8. The predicted octanol–water partition coefficient (Wildman–Crippen LogP) is 0.386. The van der Waals surface area contributed by atoms with Gasteiger partial charge in [0.15, 0.2) is 6.54 Å². The molecule has 3 heterocycles. The molecule has 3 rings (SSSR count). The lowest BCUT2D eigenvalue weighted by Gasteiger charge is -2.22. The van der Waals surface area contributed by atoms with Crippen molar-refractivity contribution in [3.63, 3.8) is 0 Å². The van der Waals surface area contributed by atoms with Gasteiger partial charge in [-0.1, -0.05) is 6.07 Å². The average Bonchev–Trinajstić information content (AvgIpc) is 2.98. The molecule has 6 heteroatoms. The van der Waals surface area contributed by atoms with E-state index in [1.54, 1.807) is 22.7 Å². The number of hydrogen-bond acceptors (Lipinski definition) is 4. The predicted molar refractivity (Wildman–Crippen MR) is 72.8 cm³/mol. The fraction of sp³-hybridized carbons (Fsp3) is 0.333. The van der Waals surface area contributed by atoms with Crippen LogP contribution in [0.2, 0.25) is 0 Å². The Balaban J connectivity index is 1.68. The second-order valence-electron chi connectivity index (χ2n) is 4.32. The molecule has 1 aliphatic heterocycles. The fourth-order valence-corrected chi connectivity index (χ4v) is 3.70. The summed E-state index contributed by atoms with van der Waals surface area (Å²) in [5, 5.41) is 8.11. The van der Waals surface area contributed by atoms with Crippen LogP contribution in [0.4, 0.5) is 0 Å². The number of carbonyl (C=O) groups is 1. The molecule has 2 N–H and O–H groups in total. The van der Waals surface area contributed by atoms with Crippen molar-refractivity contribution in [2.45, 2.75) is 6.54 Å². The summed E-state index contributed by atoms with van der Waals surface area (Å²) in [6.45, 7) is 3.16. The van der Waals surface area contributed by atoms with E-state index in [2.05, 4.69) is 27.1 Å². The van der Waals surface area contributed by atoms with E-state index in [0.717, 1.165) is 30.3 Å². The van der Waals surface area contributed by atoms with Gasteiger partial charge < -0.3 is 10.2 Å². The summed E-state index contributed by atoms with van der Waals surface area (Å²) < 4.78 is 0. The highest BCUT2D eigenvalue weighted by atomic mass is 32.1. The maximum absolute atomic E-state index is 11.3. The molecule has 0 bridgehead atoms. The van der Waals surface area contributed by atoms with Gasteiger partial charge in [0.1, 0.15) is 17.2 Å². The molecule has 0 aromatic carbocycles. The van der Waals surface area contributed by atoms with Gasteiger partial charge >= 0.3 is 0 Å². The third-order valence-corrected chi connectivity index (χ3v) is 4.86. The van der Waals surface area contributed by atoms with Gasteiger partial charge in [-0.3, -0.25) is 4.79 Å². The molecule has 0 saturated carbocycles. The third kappa shape index (κ3) is 2.60. The van der Waals surface area contributed by atoms with E-state index in [0.29, 0.717) is 6.54 Å². The van der Waals surface area contributed by atoms with Gasteiger partial charge in [-0.2, -0.15) is 0 Å². The molecule has 1 aliphatic rings. The minimum absolute atomic E-state index is 0.143. The number of nitrogens with one attached hydrogen (secondary N) is 2. The first-order valence-corrected chi connectivity index (χ1v) is 7.66. The number of nitrogens with zero attached hydrogens (tertiary/aromatic N) is 1. The monoisotopic (exact) mass is 280 g/mol. The number of carbonyl (C=O) groups excluding carboxylic acids is 1. The molecule has 1 fully saturated rings. The van der Waals surface area contributed by atoms with Gasteiger partial charge in [0.2, 0.25) is 0 Å². The molecule has 0 aliphatic carbocycles. The van der Waals surface area contributed by atoms with Gasteiger partial charge in [-0.15, -0.1) is 22.7 Å². The average molecular weight is 280 g/mol. The molecule has 1 amide bonds. The quantitative estimate of drug-likeness (QED) is 0.854. The Hall–Kier alpha value is -1.24. The Kier molecular flexibility index (Phi) is 3.40. The number of quaternary nitrogens is 1. The fourth-order valence-electron chi connectivity index (χ4n) is 2.07. The zero-order valence-electron chi connectivity index (χ0n) is 9.81. The molecule has 1 atom stereocenters. The number of aromatic nitrogens is 1. The molecule has 4 nitrogen and oxygen atoms in total. The Morgan fingerprint density at radius 1 is 1.44 bits per heavy atom. The summed E-state index contributed by atoms with van der Waals surface area (Å²) in [4.78, 5) is 18.5. The van der Waals surface area contributed by atoms with E-state index in [4.69, 9.17) is 0 Å². The van der Waals surface area contributed by atoms with E-state index in [1.807, 2.05) is 6.07 Å². The maximum Gasteiger partial charge on any atom is 0.275 e. The first-order chi connectivity index (χ1) is 8.81. The van der Waals surface area contributed by atoms with Crippen molar-refractivity contribution in [3.8, 4) is 9.88 Å². The van der Waals surface area contributed by atoms with Crippen LogP contribution in [0, 0.1) is 0 Å². The summed E-state index contributed by atoms with van der Waals surface area (Å²) in [6.07, 6.45) is 0. The van der Waals surface area contributed by atoms with Crippen LogP contribution in [0.5, 0.6) is 0 Å². The van der Waals surface area contributed by atoms with Crippen molar-refractivity contribution >= 4 is 28.6 Å². The molecule has 2 aromatic rings. The maximum atomic E-state index is 11.3. The summed E-state index contributed by atoms with van der Waals surface area (Å²) in [7, 11) is 0. The molecule has 0 spiro atoms. The van der Waals surface area contributed by atoms with Crippen LogP contribution >= 0.6 is 22.7 Å². The number of piperazine rings is 1. The largest absolute Gasteiger partial charge is 0.346 e. The highest BCUT2D eigenvalue weighted by molar-refractivity contribution is 7.20. The lowest BCUT2D eigenvalue weighted by molar-refractivity contribution is -0.907. The molecule has 1 saturated heterocycles. The minimum Gasteiger partial charge on any atom is -0.346 e. The SMILES string of the molecule is O=C1C[NH+](Cc2csc(-c3cccs3)n2)CCN1. The van der Waals surface area contributed by atoms with Crippen molar-refractivity contribution in [3.05, 3.63) is 28.6 Å². The summed E-state index contributed by atoms with van der Waals surface area (Å²) in [6, 6.07) is 4.13. The van der Waals surface area contributed by atoms with Gasteiger partial charge in [0.05, 0.1) is 18.0 Å². The minimum atomic E-state index is 0.143. The van der Waals surface area contributed by atoms with E-state index < -0.39 is 0 Å². The molecule has 94 valence electrons. The zero-order valence-corrected chi connectivity index (χ0v) is 11.4. The van der Waals surface area contributed by atoms with Gasteiger partial charge in [-0.05, 0) is 11.4 Å². The van der Waals surface area contributed by atoms with Crippen molar-refractivity contribution in [1.82, 2.24) is 10.3 Å². The topological polar surface area (TPSA) is 46.4 Å². The Morgan fingerprint density at radius 3 is 3.17 bits per heavy atom. The molecule has 1 unspecified atom stereocenters. The molecule has 0 radical (unpaired) electrons. The van der Waals surface area contributed by atoms with Crippen LogP contribution in [-0.4, -0.2) is 30.5 Å². The van der Waals surface area contributed by atoms with Crippen LogP contribution in [0.1, 0.15) is 5.69 Å². The summed E-state index contributed by atoms with van der Waals surface area (Å²) in [5.74, 6) is 0.143. The second kappa shape index (κ2) is 5.17. The number of amides is 1. The molecule has 2 aromatic heterocycles. The van der Waals surface area contributed by atoms with Gasteiger partial charge in [0.25, 0.3) is 5.91 Å². The normalized spacial score (nSPS) is 19.8. The second-order valence-corrected chi connectivity index (χ2v) is 6.13. The van der Waals surface area contributed by atoms with Crippen LogP contribution in [0.25, 0.3) is 9.88 Å². The number of rotatable bonds is 3. The highest BCUT2D eigenvalue weighted by Gasteiger charge is 2.20. The smallest absolute Gasteiger partial charge is 0.275 e. The van der Waals surface area contributed by atoms with Crippen LogP contribution < -0.4 is 10.2 Å². The number of thiazole rings is 1. The first-order valence-electron chi connectivity index (χ1n) is 5.90. The van der Waals surface area contributed by atoms with Crippen molar-refractivity contribution in [2.75, 3.05) is 19.6 Å². The Bertz CT molecular complexity index is 535. The van der Waals surface area contributed by atoms with Crippen molar-refractivity contribution in [2.24, 2.45) is 0 Å². The number of thiophene rings is 1. The Labute approximate surface area is 113 Å². The van der Waals surface area contributed by atoms with Crippen LogP contribution in [0.3, 0.4) is 0 Å². The molecular weight excluding hydrogens is 266 g/mol. The van der Waals surface area contributed by atoms with Crippen LogP contribution in [-0.2, 0) is 11.3 Å². The Morgan fingerprint density at radius 2 is 2.39 bits per heavy atom. The molecule has 18 heavy (non-hydrogen) atoms. The van der Waals surface area contributed by atoms with Crippen molar-refractivity contribution < 1.29 is 9.69 Å². The summed E-state index contributed by atoms with van der Waals surface area (Å²) in [5.41, 5.74) is 1.09. The van der Waals surface area contributed by atoms with E-state index >= 15 is 0 Å². The van der Waals surface area contributed by atoms with Crippen molar-refractivity contribution in [1.29, 1.82) is 0 Å². The third-order valence-electron chi connectivity index (χ3n) is 2.93. The van der Waals surface area contributed by atoms with E-state index in [-0.39, 0.29) is 5.91 Å². The summed E-state index contributed by atoms with van der Waals surface area (Å²) >= 11 is 3.39. The van der Waals surface area contributed by atoms with Crippen LogP contribution in [0.15, 0.2) is 22.9 Å². The standard InChI is InChI=1S/C12H13N3OS2/c16-11-7-15(4-3-13-11)6-9-8-18-12(14-9)10-2-1-5-17-10/h1-2,5,8H,3-4,6-7H2,(H,13,16)/p+1. The highest BCUT2D eigenvalue weighted by Crippen LogP contribution is 2.27. The molecular formula is C12H14N3OS2+. The van der Waals surface area contributed by atoms with Gasteiger partial charge in [0, 0.05) is 5.38 Å². The van der Waals surface area contributed by atoms with Gasteiger partial charge in [-0.25, -0.2) is 4.98 Å². The van der Waals surface area contributed by atoms with E-state index in [1.165, 1.54) is 9.78 Å². The van der Waals surface area contributed by atoms with E-state index in [9.17, 15) is 4.79 Å². The lowest BCUT2D eigenvalue weighted by atomic mass is 10.3. The number of hydrogen-bond donors (Lipinski definition) is 2.